The summed E-state index contributed by atoms with van der Waals surface area (Å²) < 4.78 is 6.64. The Bertz CT molecular complexity index is 1090. The largest absolute Gasteiger partial charge is 0.484 e. The quantitative estimate of drug-likeness (QED) is 0.360. The summed E-state index contributed by atoms with van der Waals surface area (Å²) in [5.41, 5.74) is 1.88. The molecule has 3 aromatic carbocycles. The van der Waals surface area contributed by atoms with E-state index in [1.54, 1.807) is 29.2 Å². The van der Waals surface area contributed by atoms with Gasteiger partial charge >= 0.3 is 0 Å². The summed E-state index contributed by atoms with van der Waals surface area (Å²) in [7, 11) is 0. The van der Waals surface area contributed by atoms with Crippen LogP contribution < -0.4 is 10.1 Å². The molecule has 1 atom stereocenters. The topological polar surface area (TPSA) is 58.6 Å². The first-order valence-electron chi connectivity index (χ1n) is 11.1. The van der Waals surface area contributed by atoms with Crippen molar-refractivity contribution in [1.29, 1.82) is 0 Å². The summed E-state index contributed by atoms with van der Waals surface area (Å²) in [4.78, 5) is 28.4. The van der Waals surface area contributed by atoms with Gasteiger partial charge in [0, 0.05) is 28.5 Å². The molecule has 0 radical (unpaired) electrons. The molecule has 7 heteroatoms. The van der Waals surface area contributed by atoms with E-state index in [1.807, 2.05) is 68.4 Å². The molecule has 0 aromatic heterocycles. The minimum atomic E-state index is -0.704. The van der Waals surface area contributed by atoms with Crippen LogP contribution in [0.3, 0.4) is 0 Å². The maximum absolute atomic E-state index is 13.5. The Hall–Kier alpha value is -2.83. The Balaban J connectivity index is 1.90. The van der Waals surface area contributed by atoms with Crippen molar-refractivity contribution in [2.24, 2.45) is 0 Å². The van der Waals surface area contributed by atoms with Crippen molar-refractivity contribution < 1.29 is 14.3 Å². The number of halogens is 2. The summed E-state index contributed by atoms with van der Waals surface area (Å²) in [6.45, 7) is 3.88. The van der Waals surface area contributed by atoms with E-state index in [9.17, 15) is 9.59 Å². The summed E-state index contributed by atoms with van der Waals surface area (Å²) in [5.74, 6) is 0.0508. The van der Waals surface area contributed by atoms with Crippen LogP contribution in [0.15, 0.2) is 83.3 Å². The second kappa shape index (κ2) is 12.6. The Morgan fingerprint density at radius 3 is 2.29 bits per heavy atom. The van der Waals surface area contributed by atoms with E-state index in [4.69, 9.17) is 16.3 Å². The van der Waals surface area contributed by atoms with Gasteiger partial charge in [-0.3, -0.25) is 9.59 Å². The van der Waals surface area contributed by atoms with E-state index in [2.05, 4.69) is 21.2 Å². The fourth-order valence-corrected chi connectivity index (χ4v) is 4.10. The van der Waals surface area contributed by atoms with Gasteiger partial charge in [-0.1, -0.05) is 70.0 Å². The zero-order chi connectivity index (χ0) is 24.5. The van der Waals surface area contributed by atoms with Crippen molar-refractivity contribution in [1.82, 2.24) is 10.2 Å². The number of amides is 2. The molecule has 0 aliphatic rings. The van der Waals surface area contributed by atoms with Gasteiger partial charge in [0.25, 0.3) is 5.91 Å². The monoisotopic (exact) mass is 542 g/mol. The van der Waals surface area contributed by atoms with Crippen molar-refractivity contribution >= 4 is 39.3 Å². The standard InChI is InChI=1S/C27H28BrClN2O3/c1-19(2)30-27(33)25(16-20-7-4-3-5-8-20)31(17-21-9-6-10-22(28)15-21)26(32)18-34-24-13-11-23(29)12-14-24/h3-15,19,25H,16-18H2,1-2H3,(H,30,33). The predicted molar refractivity (Wildman–Crippen MR) is 139 cm³/mol. The molecule has 0 fully saturated rings. The minimum Gasteiger partial charge on any atom is -0.484 e. The number of nitrogens with one attached hydrogen (secondary N) is 1. The third-order valence-corrected chi connectivity index (χ3v) is 5.87. The van der Waals surface area contributed by atoms with Gasteiger partial charge in [-0.15, -0.1) is 0 Å². The number of carbonyl (C=O) groups is 2. The molecule has 0 spiro atoms. The van der Waals surface area contributed by atoms with Crippen LogP contribution in [-0.4, -0.2) is 35.4 Å². The number of benzene rings is 3. The Morgan fingerprint density at radius 1 is 0.971 bits per heavy atom. The van der Waals surface area contributed by atoms with Crippen LogP contribution in [0.2, 0.25) is 5.02 Å². The average molecular weight is 544 g/mol. The first kappa shape index (κ1) is 25.8. The van der Waals surface area contributed by atoms with Crippen molar-refractivity contribution in [3.63, 3.8) is 0 Å². The highest BCUT2D eigenvalue weighted by molar-refractivity contribution is 9.10. The van der Waals surface area contributed by atoms with Crippen molar-refractivity contribution in [3.8, 4) is 5.75 Å². The molecule has 0 aliphatic carbocycles. The van der Waals surface area contributed by atoms with Crippen LogP contribution in [-0.2, 0) is 22.6 Å². The Morgan fingerprint density at radius 2 is 1.65 bits per heavy atom. The molecule has 178 valence electrons. The van der Waals surface area contributed by atoms with Crippen LogP contribution in [0, 0.1) is 0 Å². The molecule has 0 heterocycles. The molecule has 0 bridgehead atoms. The van der Waals surface area contributed by atoms with Gasteiger partial charge in [-0.05, 0) is 61.4 Å². The van der Waals surface area contributed by atoms with E-state index in [0.717, 1.165) is 15.6 Å². The third kappa shape index (κ3) is 7.89. The van der Waals surface area contributed by atoms with E-state index in [0.29, 0.717) is 17.2 Å². The van der Waals surface area contributed by atoms with Crippen LogP contribution in [0.25, 0.3) is 0 Å². The SMILES string of the molecule is CC(C)NC(=O)C(Cc1ccccc1)N(Cc1cccc(Br)c1)C(=O)COc1ccc(Cl)cc1. The molecule has 2 amide bonds. The molecule has 1 N–H and O–H groups in total. The van der Waals surface area contributed by atoms with Crippen LogP contribution in [0.4, 0.5) is 0 Å². The van der Waals surface area contributed by atoms with Gasteiger partial charge in [0.05, 0.1) is 0 Å². The summed E-state index contributed by atoms with van der Waals surface area (Å²) >= 11 is 9.43. The van der Waals surface area contributed by atoms with Gasteiger partial charge in [0.15, 0.2) is 6.61 Å². The first-order valence-corrected chi connectivity index (χ1v) is 12.3. The molecular formula is C27H28BrClN2O3. The number of carbonyl (C=O) groups excluding carboxylic acids is 2. The van der Waals surface area contributed by atoms with Gasteiger partial charge in [0.1, 0.15) is 11.8 Å². The lowest BCUT2D eigenvalue weighted by Gasteiger charge is -2.32. The number of rotatable bonds is 10. The van der Waals surface area contributed by atoms with Crippen LogP contribution >= 0.6 is 27.5 Å². The first-order chi connectivity index (χ1) is 16.3. The van der Waals surface area contributed by atoms with Gasteiger partial charge in [-0.25, -0.2) is 0 Å². The Labute approximate surface area is 214 Å². The smallest absolute Gasteiger partial charge is 0.261 e. The van der Waals surface area contributed by atoms with Crippen LogP contribution in [0.5, 0.6) is 5.75 Å². The number of hydrogen-bond donors (Lipinski definition) is 1. The zero-order valence-electron chi connectivity index (χ0n) is 19.2. The van der Waals surface area contributed by atoms with Crippen molar-refractivity contribution in [2.75, 3.05) is 6.61 Å². The molecule has 34 heavy (non-hydrogen) atoms. The van der Waals surface area contributed by atoms with E-state index in [1.165, 1.54) is 0 Å². The maximum Gasteiger partial charge on any atom is 0.261 e. The lowest BCUT2D eigenvalue weighted by molar-refractivity contribution is -0.143. The second-order valence-electron chi connectivity index (χ2n) is 8.26. The predicted octanol–water partition coefficient (Wildman–Crippen LogP) is 5.65. The fraction of sp³-hybridized carbons (Fsp3) is 0.259. The van der Waals surface area contributed by atoms with Gasteiger partial charge in [-0.2, -0.15) is 0 Å². The second-order valence-corrected chi connectivity index (χ2v) is 9.62. The van der Waals surface area contributed by atoms with E-state index >= 15 is 0 Å². The molecule has 3 rings (SSSR count). The lowest BCUT2D eigenvalue weighted by Crippen LogP contribution is -2.52. The maximum atomic E-state index is 13.5. The number of ether oxygens (including phenoxy) is 1. The third-order valence-electron chi connectivity index (χ3n) is 5.12. The molecular weight excluding hydrogens is 516 g/mol. The lowest BCUT2D eigenvalue weighted by atomic mass is 10.0. The minimum absolute atomic E-state index is 0.0566. The van der Waals surface area contributed by atoms with Crippen LogP contribution in [0.1, 0.15) is 25.0 Å². The highest BCUT2D eigenvalue weighted by atomic mass is 79.9. The molecule has 3 aromatic rings. The van der Waals surface area contributed by atoms with Gasteiger partial charge in [0.2, 0.25) is 5.91 Å². The fourth-order valence-electron chi connectivity index (χ4n) is 3.53. The summed E-state index contributed by atoms with van der Waals surface area (Å²) in [5, 5.41) is 3.56. The average Bonchev–Trinajstić information content (AvgIpc) is 2.81. The van der Waals surface area contributed by atoms with Crippen molar-refractivity contribution in [2.45, 2.75) is 38.9 Å². The molecule has 0 aliphatic heterocycles. The number of nitrogens with zero attached hydrogens (tertiary/aromatic N) is 1. The van der Waals surface area contributed by atoms with Gasteiger partial charge < -0.3 is 15.0 Å². The highest BCUT2D eigenvalue weighted by Crippen LogP contribution is 2.19. The van der Waals surface area contributed by atoms with Crippen molar-refractivity contribution in [3.05, 3.63) is 99.5 Å². The van der Waals surface area contributed by atoms with E-state index < -0.39 is 6.04 Å². The number of hydrogen-bond acceptors (Lipinski definition) is 3. The molecule has 1 unspecified atom stereocenters. The highest BCUT2D eigenvalue weighted by Gasteiger charge is 2.31. The molecule has 0 saturated heterocycles. The summed E-state index contributed by atoms with van der Waals surface area (Å²) in [6.07, 6.45) is 0.389. The molecule has 5 nitrogen and oxygen atoms in total. The normalized spacial score (nSPS) is 11.7. The van der Waals surface area contributed by atoms with E-state index in [-0.39, 0.29) is 31.0 Å². The summed E-state index contributed by atoms with van der Waals surface area (Å²) in [6, 6.07) is 23.5. The Kier molecular flexibility index (Phi) is 9.54. The zero-order valence-corrected chi connectivity index (χ0v) is 21.6. The molecule has 0 saturated carbocycles.